The molecule has 1 saturated heterocycles. The number of carboxylic acid groups (broad SMARTS) is 1. The quantitative estimate of drug-likeness (QED) is 0.376. The molecule has 10 heteroatoms. The number of carbonyl (C=O) groups excluding carboxylic acids is 1. The highest BCUT2D eigenvalue weighted by Crippen LogP contribution is 2.60. The summed E-state index contributed by atoms with van der Waals surface area (Å²) in [4.78, 5) is 26.3. The Kier molecular flexibility index (Phi) is 5.31. The van der Waals surface area contributed by atoms with Crippen molar-refractivity contribution in [3.63, 3.8) is 0 Å². The van der Waals surface area contributed by atoms with Crippen molar-refractivity contribution in [1.82, 2.24) is 4.90 Å². The molecule has 29 heavy (non-hydrogen) atoms. The number of hydrogen-bond donors (Lipinski definition) is 4. The van der Waals surface area contributed by atoms with Crippen molar-refractivity contribution >= 4 is 30.8 Å². The number of thioether (sulfide) groups is 1. The molecule has 1 saturated carbocycles. The lowest BCUT2D eigenvalue weighted by Crippen LogP contribution is -2.61. The number of carboxylic acids is 1. The van der Waals surface area contributed by atoms with Gasteiger partial charge in [0.05, 0.1) is 6.61 Å². The summed E-state index contributed by atoms with van der Waals surface area (Å²) in [5.41, 5.74) is 5.55. The van der Waals surface area contributed by atoms with Gasteiger partial charge in [-0.15, -0.1) is 11.8 Å². The van der Waals surface area contributed by atoms with E-state index in [4.69, 9.17) is 10.4 Å². The zero-order valence-electron chi connectivity index (χ0n) is 16.2. The number of hydrogen-bond acceptors (Lipinski definition) is 7. The van der Waals surface area contributed by atoms with E-state index in [1.165, 1.54) is 18.7 Å². The largest absolute Gasteiger partial charge is 0.535 e. The maximum absolute atomic E-state index is 12.2. The Hall–Kier alpha value is -1.75. The summed E-state index contributed by atoms with van der Waals surface area (Å²) in [5.74, 6) is 0.311. The van der Waals surface area contributed by atoms with Crippen LogP contribution in [0.25, 0.3) is 0 Å². The van der Waals surface area contributed by atoms with Gasteiger partial charge >= 0.3 is 13.1 Å². The second-order valence-electron chi connectivity index (χ2n) is 8.47. The van der Waals surface area contributed by atoms with Crippen LogP contribution in [0.2, 0.25) is 5.82 Å². The molecule has 3 aliphatic rings. The Labute approximate surface area is 173 Å². The average molecular weight is 420 g/mol. The highest BCUT2D eigenvalue weighted by Gasteiger charge is 2.54. The zero-order valence-corrected chi connectivity index (χ0v) is 17.0. The molecule has 4 rings (SSSR count). The summed E-state index contributed by atoms with van der Waals surface area (Å²) in [6.07, 6.45) is 1.66. The molecule has 1 aromatic carbocycles. The molecule has 0 unspecified atom stereocenters. The maximum Gasteiger partial charge on any atom is 0.526 e. The first-order valence-corrected chi connectivity index (χ1v) is 10.8. The monoisotopic (exact) mass is 420 g/mol. The Morgan fingerprint density at radius 1 is 1.41 bits per heavy atom. The molecule has 0 spiro atoms. The van der Waals surface area contributed by atoms with Crippen molar-refractivity contribution in [1.29, 1.82) is 0 Å². The van der Waals surface area contributed by atoms with Crippen molar-refractivity contribution in [3.8, 4) is 5.75 Å². The van der Waals surface area contributed by atoms with Crippen molar-refractivity contribution in [2.45, 2.75) is 41.9 Å². The number of rotatable bonds is 7. The first-order valence-electron chi connectivity index (χ1n) is 9.79. The van der Waals surface area contributed by atoms with E-state index in [-0.39, 0.29) is 23.2 Å². The fourth-order valence-corrected chi connectivity index (χ4v) is 5.26. The van der Waals surface area contributed by atoms with Crippen LogP contribution in [0.15, 0.2) is 17.0 Å². The zero-order chi connectivity index (χ0) is 20.9. The van der Waals surface area contributed by atoms with Gasteiger partial charge in [0.15, 0.2) is 0 Å². The van der Waals surface area contributed by atoms with Crippen LogP contribution < -0.4 is 10.4 Å². The van der Waals surface area contributed by atoms with Crippen molar-refractivity contribution in [3.05, 3.63) is 23.3 Å². The Morgan fingerprint density at radius 2 is 2.14 bits per heavy atom. The normalized spacial score (nSPS) is 24.7. The second kappa shape index (κ2) is 7.50. The van der Waals surface area contributed by atoms with Gasteiger partial charge in [0.1, 0.15) is 16.9 Å². The number of nitrogens with zero attached hydrogens (tertiary/aromatic N) is 1. The number of fused-ring (bicyclic) bond motifs is 3. The molecule has 2 fully saturated rings. The van der Waals surface area contributed by atoms with Crippen LogP contribution in [0.3, 0.4) is 0 Å². The third kappa shape index (κ3) is 3.74. The predicted octanol–water partition coefficient (Wildman–Crippen LogP) is 0.765. The number of carbonyl (C=O) groups is 2. The molecule has 0 bridgehead atoms. The van der Waals surface area contributed by atoms with E-state index in [9.17, 15) is 24.8 Å². The van der Waals surface area contributed by atoms with Gasteiger partial charge in [-0.05, 0) is 49.0 Å². The van der Waals surface area contributed by atoms with Crippen molar-refractivity contribution < 1.29 is 29.5 Å². The number of benzene rings is 1. The lowest BCUT2D eigenvalue weighted by atomic mass is 9.77. The van der Waals surface area contributed by atoms with E-state index >= 15 is 0 Å². The standard InChI is InChI=1S/C19H25BN2O6S/c1-19(21,9-23)18(26)22-7-10(8-22)4-5-29-14-3-2-11-12-6-13(12)20(27)28-16(11)15(14)17(24)25/h2-3,10,12-13,23,27H,4-9,21H2,1H3,(H,24,25)/t12-,13-,19-/m1/s1. The molecule has 8 nitrogen and oxygen atoms in total. The molecule has 1 amide bonds. The molecule has 2 heterocycles. The van der Waals surface area contributed by atoms with E-state index in [1.807, 2.05) is 12.1 Å². The Morgan fingerprint density at radius 3 is 2.79 bits per heavy atom. The molecule has 5 N–H and O–H groups in total. The molecule has 2 aliphatic heterocycles. The SMILES string of the molecule is C[C@@](N)(CO)C(=O)N1CC(CCSc2ccc3c(c2C(=O)O)OB(O)[C@@H]2C[C@H]32)C1. The number of aliphatic hydroxyl groups excluding tert-OH is 1. The minimum atomic E-state index is -1.25. The lowest BCUT2D eigenvalue weighted by molar-refractivity contribution is -0.144. The molecule has 0 radical (unpaired) electrons. The van der Waals surface area contributed by atoms with Crippen LogP contribution in [0.1, 0.15) is 41.6 Å². The molecule has 3 atom stereocenters. The summed E-state index contributed by atoms with van der Waals surface area (Å²) in [5, 5.41) is 28.9. The third-order valence-electron chi connectivity index (χ3n) is 6.05. The smallest absolute Gasteiger partial charge is 0.526 e. The van der Waals surface area contributed by atoms with Crippen LogP contribution in [0, 0.1) is 5.92 Å². The number of aliphatic hydroxyl groups is 1. The van der Waals surface area contributed by atoms with Crippen LogP contribution in [0.4, 0.5) is 0 Å². The van der Waals surface area contributed by atoms with Crippen molar-refractivity contribution in [2.24, 2.45) is 11.7 Å². The molecule has 0 aromatic heterocycles. The molecular formula is C19H25BN2O6S. The van der Waals surface area contributed by atoms with Gasteiger partial charge in [-0.1, -0.05) is 6.07 Å². The van der Waals surface area contributed by atoms with E-state index in [0.29, 0.717) is 35.4 Å². The first kappa shape index (κ1) is 20.5. The minimum absolute atomic E-state index is 0.0770. The van der Waals surface area contributed by atoms with Gasteiger partial charge in [0, 0.05) is 23.8 Å². The molecule has 1 aliphatic carbocycles. The van der Waals surface area contributed by atoms with Gasteiger partial charge in [-0.3, -0.25) is 4.79 Å². The van der Waals surface area contributed by atoms with E-state index in [2.05, 4.69) is 0 Å². The fraction of sp³-hybridized carbons (Fsp3) is 0.579. The Bertz CT molecular complexity index is 844. The lowest BCUT2D eigenvalue weighted by Gasteiger charge is -2.42. The summed E-state index contributed by atoms with van der Waals surface area (Å²) >= 11 is 1.45. The van der Waals surface area contributed by atoms with Gasteiger partial charge < -0.3 is 30.5 Å². The van der Waals surface area contributed by atoms with Gasteiger partial charge in [0.2, 0.25) is 5.91 Å². The summed E-state index contributed by atoms with van der Waals surface area (Å²) in [7, 11) is -0.934. The topological polar surface area (TPSA) is 133 Å². The van der Waals surface area contributed by atoms with E-state index < -0.39 is 25.2 Å². The number of aromatic carboxylic acids is 1. The first-order chi connectivity index (χ1) is 13.7. The number of likely N-dealkylation sites (tertiary alicyclic amines) is 1. The van der Waals surface area contributed by atoms with Crippen LogP contribution in [-0.4, -0.2) is 70.1 Å². The molecule has 1 aromatic rings. The second-order valence-corrected chi connectivity index (χ2v) is 9.60. The van der Waals surface area contributed by atoms with Gasteiger partial charge in [-0.25, -0.2) is 4.79 Å². The number of amides is 1. The summed E-state index contributed by atoms with van der Waals surface area (Å²) < 4.78 is 5.55. The van der Waals surface area contributed by atoms with Crippen LogP contribution in [-0.2, 0) is 4.79 Å². The van der Waals surface area contributed by atoms with Gasteiger partial charge in [0.25, 0.3) is 0 Å². The summed E-state index contributed by atoms with van der Waals surface area (Å²) in [6, 6.07) is 3.75. The minimum Gasteiger partial charge on any atom is -0.535 e. The predicted molar refractivity (Wildman–Crippen MR) is 108 cm³/mol. The maximum atomic E-state index is 12.2. The van der Waals surface area contributed by atoms with E-state index in [0.717, 1.165) is 18.4 Å². The highest BCUT2D eigenvalue weighted by molar-refractivity contribution is 7.99. The van der Waals surface area contributed by atoms with Crippen LogP contribution >= 0.6 is 11.8 Å². The van der Waals surface area contributed by atoms with E-state index in [1.54, 1.807) is 4.90 Å². The summed E-state index contributed by atoms with van der Waals surface area (Å²) in [6.45, 7) is 2.32. The number of nitrogens with two attached hydrogens (primary N) is 1. The van der Waals surface area contributed by atoms with Crippen LogP contribution in [0.5, 0.6) is 5.75 Å². The molecule has 156 valence electrons. The average Bonchev–Trinajstić information content (AvgIpc) is 3.44. The van der Waals surface area contributed by atoms with Crippen molar-refractivity contribution in [2.75, 3.05) is 25.4 Å². The molecular weight excluding hydrogens is 395 g/mol. The highest BCUT2D eigenvalue weighted by atomic mass is 32.2. The van der Waals surface area contributed by atoms with Gasteiger partial charge in [-0.2, -0.15) is 0 Å². The Balaban J connectivity index is 1.35. The third-order valence-corrected chi connectivity index (χ3v) is 7.14. The fourth-order valence-electron chi connectivity index (χ4n) is 4.10.